The zero-order chi connectivity index (χ0) is 15.4. The molecule has 3 rings (SSSR count). The minimum atomic E-state index is 0. The molecule has 1 aromatic carbocycles. The first kappa shape index (κ1) is 21.4. The molecule has 0 aromatic heterocycles. The van der Waals surface area contributed by atoms with E-state index in [2.05, 4.69) is 21.6 Å². The molecule has 2 aliphatic rings. The normalized spacial score (nSPS) is 23.6. The van der Waals surface area contributed by atoms with E-state index in [4.69, 9.17) is 11.6 Å². The zero-order valence-corrected chi connectivity index (χ0v) is 16.1. The lowest BCUT2D eigenvalue weighted by molar-refractivity contribution is -0.126. The topological polar surface area (TPSA) is 44.4 Å². The Bertz CT molecular complexity index is 524. The number of halogens is 3. The summed E-state index contributed by atoms with van der Waals surface area (Å²) < 4.78 is 0. The first-order chi connectivity index (χ1) is 10.7. The fraction of sp³-hybridized carbons (Fsp3) is 0.588. The number of hydrogen-bond donors (Lipinski definition) is 2. The van der Waals surface area contributed by atoms with Crippen LogP contribution in [0.15, 0.2) is 24.3 Å². The number of amides is 1. The minimum absolute atomic E-state index is 0. The summed E-state index contributed by atoms with van der Waals surface area (Å²) in [4.78, 5) is 14.7. The molecule has 2 unspecified atom stereocenters. The Morgan fingerprint density at radius 1 is 1.21 bits per heavy atom. The van der Waals surface area contributed by atoms with Gasteiger partial charge in [0.2, 0.25) is 5.91 Å². The molecule has 4 nitrogen and oxygen atoms in total. The van der Waals surface area contributed by atoms with Crippen molar-refractivity contribution in [1.82, 2.24) is 10.6 Å². The van der Waals surface area contributed by atoms with Crippen LogP contribution in [0, 0.1) is 5.92 Å². The van der Waals surface area contributed by atoms with Crippen LogP contribution in [0.1, 0.15) is 25.7 Å². The lowest BCUT2D eigenvalue weighted by Crippen LogP contribution is -2.51. The van der Waals surface area contributed by atoms with E-state index < -0.39 is 0 Å². The van der Waals surface area contributed by atoms with Crippen molar-refractivity contribution >= 4 is 48.0 Å². The van der Waals surface area contributed by atoms with Gasteiger partial charge in [0.25, 0.3) is 0 Å². The van der Waals surface area contributed by atoms with Gasteiger partial charge in [-0.15, -0.1) is 24.8 Å². The Morgan fingerprint density at radius 2 is 2.00 bits per heavy atom. The maximum absolute atomic E-state index is 12.4. The fourth-order valence-electron chi connectivity index (χ4n) is 3.42. The van der Waals surface area contributed by atoms with Crippen molar-refractivity contribution in [1.29, 1.82) is 0 Å². The second-order valence-corrected chi connectivity index (χ2v) is 6.70. The third kappa shape index (κ3) is 5.41. The van der Waals surface area contributed by atoms with Gasteiger partial charge in [0, 0.05) is 25.7 Å². The van der Waals surface area contributed by atoms with Gasteiger partial charge in [-0.3, -0.25) is 4.79 Å². The summed E-state index contributed by atoms with van der Waals surface area (Å²) in [5.41, 5.74) is 1.07. The summed E-state index contributed by atoms with van der Waals surface area (Å²) in [6.07, 6.45) is 4.22. The van der Waals surface area contributed by atoms with Crippen molar-refractivity contribution in [2.24, 2.45) is 5.92 Å². The van der Waals surface area contributed by atoms with Crippen LogP contribution in [-0.2, 0) is 4.79 Å². The van der Waals surface area contributed by atoms with E-state index in [0.29, 0.717) is 0 Å². The van der Waals surface area contributed by atoms with Gasteiger partial charge in [0.15, 0.2) is 0 Å². The molecular weight excluding hydrogens is 369 g/mol. The van der Waals surface area contributed by atoms with Gasteiger partial charge >= 0.3 is 0 Å². The lowest BCUT2D eigenvalue weighted by atomic mass is 9.97. The monoisotopic (exact) mass is 393 g/mol. The summed E-state index contributed by atoms with van der Waals surface area (Å²) in [6, 6.07) is 8.16. The number of nitrogens with zero attached hydrogens (tertiary/aromatic N) is 1. The van der Waals surface area contributed by atoms with Gasteiger partial charge in [-0.05, 0) is 44.4 Å². The summed E-state index contributed by atoms with van der Waals surface area (Å²) >= 11 is 6.30. The van der Waals surface area contributed by atoms with E-state index in [9.17, 15) is 4.79 Å². The van der Waals surface area contributed by atoms with E-state index >= 15 is 0 Å². The molecule has 2 heterocycles. The molecule has 2 saturated heterocycles. The lowest BCUT2D eigenvalue weighted by Gasteiger charge is -2.36. The molecule has 2 fully saturated rings. The quantitative estimate of drug-likeness (QED) is 0.827. The highest BCUT2D eigenvalue weighted by atomic mass is 35.5. The number of piperidine rings is 2. The number of carbonyl (C=O) groups excluding carboxylic acids is 1. The SMILES string of the molecule is Cl.Cl.O=C(NC1CCCN(c2ccccc2Cl)C1)C1CCCNC1. The van der Waals surface area contributed by atoms with Crippen LogP contribution in [0.25, 0.3) is 0 Å². The summed E-state index contributed by atoms with van der Waals surface area (Å²) in [6.45, 7) is 3.69. The Kier molecular flexibility index (Phi) is 9.21. The molecule has 2 aliphatic heterocycles. The number of hydrogen-bond acceptors (Lipinski definition) is 3. The molecule has 0 radical (unpaired) electrons. The number of anilines is 1. The number of carbonyl (C=O) groups is 1. The van der Waals surface area contributed by atoms with Crippen molar-refractivity contribution in [2.45, 2.75) is 31.7 Å². The van der Waals surface area contributed by atoms with Crippen LogP contribution in [0.5, 0.6) is 0 Å². The summed E-state index contributed by atoms with van der Waals surface area (Å²) in [5.74, 6) is 0.336. The van der Waals surface area contributed by atoms with Crippen molar-refractivity contribution in [2.75, 3.05) is 31.1 Å². The predicted molar refractivity (Wildman–Crippen MR) is 105 cm³/mol. The highest BCUT2D eigenvalue weighted by Gasteiger charge is 2.26. The summed E-state index contributed by atoms with van der Waals surface area (Å²) in [5, 5.41) is 7.33. The average molecular weight is 395 g/mol. The van der Waals surface area contributed by atoms with Crippen molar-refractivity contribution in [3.8, 4) is 0 Å². The van der Waals surface area contributed by atoms with Gasteiger partial charge in [-0.2, -0.15) is 0 Å². The van der Waals surface area contributed by atoms with Crippen LogP contribution in [0.2, 0.25) is 5.02 Å². The molecule has 2 N–H and O–H groups in total. The average Bonchev–Trinajstić information content (AvgIpc) is 2.56. The number of benzene rings is 1. The third-order valence-corrected chi connectivity index (χ3v) is 4.95. The molecule has 0 spiro atoms. The number of para-hydroxylation sites is 1. The number of nitrogens with one attached hydrogen (secondary N) is 2. The van der Waals surface area contributed by atoms with E-state index in [-0.39, 0.29) is 42.7 Å². The Labute approximate surface area is 161 Å². The molecule has 0 bridgehead atoms. The first-order valence-electron chi connectivity index (χ1n) is 8.24. The highest BCUT2D eigenvalue weighted by Crippen LogP contribution is 2.27. The molecule has 24 heavy (non-hydrogen) atoms. The zero-order valence-electron chi connectivity index (χ0n) is 13.7. The minimum Gasteiger partial charge on any atom is -0.368 e. The molecule has 1 aromatic rings. The van der Waals surface area contributed by atoms with E-state index in [0.717, 1.165) is 62.6 Å². The van der Waals surface area contributed by atoms with Crippen LogP contribution in [0.4, 0.5) is 5.69 Å². The largest absolute Gasteiger partial charge is 0.368 e. The maximum Gasteiger partial charge on any atom is 0.224 e. The van der Waals surface area contributed by atoms with E-state index in [1.54, 1.807) is 0 Å². The standard InChI is InChI=1S/C17H24ClN3O.2ClH/c18-15-7-1-2-8-16(15)21-10-4-6-14(12-21)20-17(22)13-5-3-9-19-11-13;;/h1-2,7-8,13-14,19H,3-6,9-12H2,(H,20,22);2*1H. The van der Waals surface area contributed by atoms with Gasteiger partial charge in [0.05, 0.1) is 16.6 Å². The van der Waals surface area contributed by atoms with Gasteiger partial charge in [-0.1, -0.05) is 23.7 Å². The van der Waals surface area contributed by atoms with Crippen LogP contribution in [0.3, 0.4) is 0 Å². The summed E-state index contributed by atoms with van der Waals surface area (Å²) in [7, 11) is 0. The first-order valence-corrected chi connectivity index (χ1v) is 8.62. The molecule has 2 atom stereocenters. The fourth-order valence-corrected chi connectivity index (χ4v) is 3.67. The molecule has 136 valence electrons. The van der Waals surface area contributed by atoms with Gasteiger partial charge in [-0.25, -0.2) is 0 Å². The van der Waals surface area contributed by atoms with Crippen LogP contribution in [-0.4, -0.2) is 38.1 Å². The van der Waals surface area contributed by atoms with E-state index in [1.807, 2.05) is 18.2 Å². The molecule has 0 aliphatic carbocycles. The second kappa shape index (κ2) is 10.3. The molecule has 1 amide bonds. The van der Waals surface area contributed by atoms with Gasteiger partial charge in [0.1, 0.15) is 0 Å². The molecular formula is C17H26Cl3N3O. The Hall–Kier alpha value is -0.680. The van der Waals surface area contributed by atoms with Crippen molar-refractivity contribution in [3.63, 3.8) is 0 Å². The third-order valence-electron chi connectivity index (χ3n) is 4.63. The van der Waals surface area contributed by atoms with Crippen LogP contribution >= 0.6 is 36.4 Å². The predicted octanol–water partition coefficient (Wildman–Crippen LogP) is 3.27. The smallest absolute Gasteiger partial charge is 0.224 e. The van der Waals surface area contributed by atoms with Gasteiger partial charge < -0.3 is 15.5 Å². The van der Waals surface area contributed by atoms with E-state index in [1.165, 1.54) is 0 Å². The maximum atomic E-state index is 12.4. The molecule has 0 saturated carbocycles. The Morgan fingerprint density at radius 3 is 2.71 bits per heavy atom. The highest BCUT2D eigenvalue weighted by molar-refractivity contribution is 6.33. The van der Waals surface area contributed by atoms with Crippen molar-refractivity contribution in [3.05, 3.63) is 29.3 Å². The number of rotatable bonds is 3. The van der Waals surface area contributed by atoms with Crippen molar-refractivity contribution < 1.29 is 4.79 Å². The molecule has 7 heteroatoms. The Balaban J connectivity index is 0.00000144. The second-order valence-electron chi connectivity index (χ2n) is 6.29. The van der Waals surface area contributed by atoms with Crippen LogP contribution < -0.4 is 15.5 Å².